The van der Waals surface area contributed by atoms with E-state index in [1.807, 2.05) is 0 Å². The van der Waals surface area contributed by atoms with Crippen LogP contribution >= 0.6 is 0 Å². The minimum absolute atomic E-state index is 0.390. The van der Waals surface area contributed by atoms with Gasteiger partial charge < -0.3 is 9.84 Å². The Labute approximate surface area is 147 Å². The standard InChI is InChI=1S/C21H36O3/c1-20(2)17-13-14-21(20,3)18(16-17)24-15-11-9-7-5-4-6-8-10-12-19(22)23/h10,12,17-18H,4-9,11,13-16H2,1-3H3,(H,22,23). The minimum atomic E-state index is -0.845. The SMILES string of the molecule is CC1(C)C2CCC1(C)C(OCCCCCCCCC=CC(=O)O)C2. The summed E-state index contributed by atoms with van der Waals surface area (Å²) in [6.45, 7) is 8.26. The van der Waals surface area contributed by atoms with Gasteiger partial charge in [0.15, 0.2) is 0 Å². The Morgan fingerprint density at radius 3 is 2.38 bits per heavy atom. The van der Waals surface area contributed by atoms with Crippen LogP contribution in [0.4, 0.5) is 0 Å². The first kappa shape index (κ1) is 19.5. The monoisotopic (exact) mass is 336 g/mol. The van der Waals surface area contributed by atoms with Crippen LogP contribution in [0.1, 0.15) is 85.0 Å². The van der Waals surface area contributed by atoms with Crippen molar-refractivity contribution >= 4 is 5.97 Å². The molecular formula is C21H36O3. The van der Waals surface area contributed by atoms with Crippen LogP contribution in [0, 0.1) is 16.7 Å². The smallest absolute Gasteiger partial charge is 0.327 e. The van der Waals surface area contributed by atoms with E-state index >= 15 is 0 Å². The van der Waals surface area contributed by atoms with Crippen LogP contribution in [0.5, 0.6) is 0 Å². The maximum Gasteiger partial charge on any atom is 0.327 e. The highest BCUT2D eigenvalue weighted by molar-refractivity contribution is 5.79. The first-order valence-electron chi connectivity index (χ1n) is 9.89. The second kappa shape index (κ2) is 8.51. The highest BCUT2D eigenvalue weighted by Gasteiger charge is 2.61. The summed E-state index contributed by atoms with van der Waals surface area (Å²) in [5.74, 6) is 0.0189. The van der Waals surface area contributed by atoms with Crippen molar-refractivity contribution in [2.24, 2.45) is 16.7 Å². The van der Waals surface area contributed by atoms with Gasteiger partial charge in [0.25, 0.3) is 0 Å². The summed E-state index contributed by atoms with van der Waals surface area (Å²) in [6, 6.07) is 0. The molecule has 2 saturated carbocycles. The van der Waals surface area contributed by atoms with E-state index < -0.39 is 5.97 Å². The van der Waals surface area contributed by atoms with Gasteiger partial charge in [0.05, 0.1) is 6.10 Å². The maximum absolute atomic E-state index is 10.3. The van der Waals surface area contributed by atoms with Gasteiger partial charge in [-0.1, -0.05) is 52.5 Å². The van der Waals surface area contributed by atoms with E-state index in [0.717, 1.165) is 25.4 Å². The molecule has 0 radical (unpaired) electrons. The Morgan fingerprint density at radius 2 is 1.79 bits per heavy atom. The predicted octanol–water partition coefficient (Wildman–Crippen LogP) is 5.59. The Bertz CT molecular complexity index is 440. The van der Waals surface area contributed by atoms with Gasteiger partial charge in [-0.2, -0.15) is 0 Å². The van der Waals surface area contributed by atoms with Crippen LogP contribution < -0.4 is 0 Å². The molecule has 0 heterocycles. The molecule has 0 aromatic rings. The zero-order chi connectivity index (χ0) is 17.6. The Kier molecular flexibility index (Phi) is 6.91. The van der Waals surface area contributed by atoms with Gasteiger partial charge in [0.1, 0.15) is 0 Å². The van der Waals surface area contributed by atoms with Crippen molar-refractivity contribution in [2.45, 2.75) is 91.1 Å². The number of rotatable bonds is 11. The third-order valence-electron chi connectivity index (χ3n) is 7.06. The molecule has 0 saturated heterocycles. The minimum Gasteiger partial charge on any atom is -0.478 e. The van der Waals surface area contributed by atoms with Gasteiger partial charge in [0.2, 0.25) is 0 Å². The van der Waals surface area contributed by atoms with Crippen molar-refractivity contribution < 1.29 is 14.6 Å². The Balaban J connectivity index is 1.47. The van der Waals surface area contributed by atoms with E-state index in [1.165, 1.54) is 57.4 Å². The fourth-order valence-electron chi connectivity index (χ4n) is 4.86. The van der Waals surface area contributed by atoms with E-state index in [2.05, 4.69) is 20.8 Å². The number of carboxylic acid groups (broad SMARTS) is 1. The predicted molar refractivity (Wildman–Crippen MR) is 98.1 cm³/mol. The van der Waals surface area contributed by atoms with Gasteiger partial charge in [0, 0.05) is 12.7 Å². The quantitative estimate of drug-likeness (QED) is 0.395. The van der Waals surface area contributed by atoms with Crippen LogP contribution in [0.25, 0.3) is 0 Å². The average molecular weight is 337 g/mol. The number of ether oxygens (including phenoxy) is 1. The van der Waals surface area contributed by atoms with Crippen LogP contribution in [-0.4, -0.2) is 23.8 Å². The summed E-state index contributed by atoms with van der Waals surface area (Å²) >= 11 is 0. The molecule has 0 amide bonds. The molecule has 0 spiro atoms. The van der Waals surface area contributed by atoms with E-state index in [-0.39, 0.29) is 0 Å². The molecule has 3 nitrogen and oxygen atoms in total. The largest absolute Gasteiger partial charge is 0.478 e. The maximum atomic E-state index is 10.3. The van der Waals surface area contributed by atoms with Crippen LogP contribution in [-0.2, 0) is 9.53 Å². The molecular weight excluding hydrogens is 300 g/mol. The molecule has 2 aliphatic carbocycles. The number of carbonyl (C=O) groups is 1. The molecule has 3 heteroatoms. The number of hydrogen-bond acceptors (Lipinski definition) is 2. The zero-order valence-electron chi connectivity index (χ0n) is 15.9. The lowest BCUT2D eigenvalue weighted by molar-refractivity contribution is -0.131. The van der Waals surface area contributed by atoms with Crippen molar-refractivity contribution in [1.82, 2.24) is 0 Å². The summed E-state index contributed by atoms with van der Waals surface area (Å²) in [4.78, 5) is 10.3. The normalized spacial score (nSPS) is 31.1. The highest BCUT2D eigenvalue weighted by atomic mass is 16.5. The third kappa shape index (κ3) is 4.41. The molecule has 2 aliphatic rings. The van der Waals surface area contributed by atoms with E-state index in [4.69, 9.17) is 9.84 Å². The average Bonchev–Trinajstić information content (AvgIpc) is 2.85. The zero-order valence-corrected chi connectivity index (χ0v) is 15.9. The first-order valence-corrected chi connectivity index (χ1v) is 9.89. The molecule has 3 atom stereocenters. The lowest BCUT2D eigenvalue weighted by Crippen LogP contribution is -2.37. The number of fused-ring (bicyclic) bond motifs is 2. The van der Waals surface area contributed by atoms with Crippen LogP contribution in [0.15, 0.2) is 12.2 Å². The molecule has 0 aromatic carbocycles. The van der Waals surface area contributed by atoms with Crippen molar-refractivity contribution in [1.29, 1.82) is 0 Å². The molecule has 2 rings (SSSR count). The van der Waals surface area contributed by atoms with Crippen molar-refractivity contribution in [3.05, 3.63) is 12.2 Å². The fourth-order valence-corrected chi connectivity index (χ4v) is 4.86. The van der Waals surface area contributed by atoms with Crippen LogP contribution in [0.3, 0.4) is 0 Å². The second-order valence-electron chi connectivity index (χ2n) is 8.62. The molecule has 2 fully saturated rings. The summed E-state index contributed by atoms with van der Waals surface area (Å²) in [7, 11) is 0. The number of hydrogen-bond donors (Lipinski definition) is 1. The lowest BCUT2D eigenvalue weighted by atomic mass is 9.70. The van der Waals surface area contributed by atoms with Crippen molar-refractivity contribution in [3.8, 4) is 0 Å². The highest BCUT2D eigenvalue weighted by Crippen LogP contribution is 2.66. The molecule has 0 aliphatic heterocycles. The number of aliphatic carboxylic acids is 1. The van der Waals surface area contributed by atoms with Gasteiger partial charge >= 0.3 is 5.97 Å². The Morgan fingerprint density at radius 1 is 1.12 bits per heavy atom. The van der Waals surface area contributed by atoms with Gasteiger partial charge in [-0.25, -0.2) is 4.79 Å². The molecule has 2 bridgehead atoms. The topological polar surface area (TPSA) is 46.5 Å². The first-order chi connectivity index (χ1) is 11.4. The van der Waals surface area contributed by atoms with Crippen LogP contribution in [0.2, 0.25) is 0 Å². The third-order valence-corrected chi connectivity index (χ3v) is 7.06. The molecule has 1 N–H and O–H groups in total. The van der Waals surface area contributed by atoms with E-state index in [0.29, 0.717) is 16.9 Å². The van der Waals surface area contributed by atoms with E-state index in [1.54, 1.807) is 6.08 Å². The lowest BCUT2D eigenvalue weighted by Gasteiger charge is -2.39. The fraction of sp³-hybridized carbons (Fsp3) is 0.857. The summed E-state index contributed by atoms with van der Waals surface area (Å²) in [5.41, 5.74) is 0.841. The number of carboxylic acids is 1. The summed E-state index contributed by atoms with van der Waals surface area (Å²) < 4.78 is 6.29. The molecule has 0 aromatic heterocycles. The Hall–Kier alpha value is -0.830. The van der Waals surface area contributed by atoms with E-state index in [9.17, 15) is 4.79 Å². The second-order valence-corrected chi connectivity index (χ2v) is 8.62. The number of allylic oxidation sites excluding steroid dienone is 1. The van der Waals surface area contributed by atoms with Crippen molar-refractivity contribution in [2.75, 3.05) is 6.61 Å². The van der Waals surface area contributed by atoms with Gasteiger partial charge in [-0.15, -0.1) is 0 Å². The number of unbranched alkanes of at least 4 members (excludes halogenated alkanes) is 6. The summed E-state index contributed by atoms with van der Waals surface area (Å²) in [5, 5.41) is 8.50. The molecule has 3 unspecified atom stereocenters. The van der Waals surface area contributed by atoms with Gasteiger partial charge in [-0.3, -0.25) is 0 Å². The molecule has 24 heavy (non-hydrogen) atoms. The summed E-state index contributed by atoms with van der Waals surface area (Å²) in [6.07, 6.45) is 15.6. The van der Waals surface area contributed by atoms with Gasteiger partial charge in [-0.05, 0) is 55.3 Å². The molecule has 138 valence electrons. The van der Waals surface area contributed by atoms with Crippen molar-refractivity contribution in [3.63, 3.8) is 0 Å².